The van der Waals surface area contributed by atoms with Gasteiger partial charge in [0, 0.05) is 48.2 Å². The van der Waals surface area contributed by atoms with Gasteiger partial charge < -0.3 is 4.90 Å². The fraction of sp³-hybridized carbons (Fsp3) is 0.375. The number of aryl methyl sites for hydroxylation is 2. The van der Waals surface area contributed by atoms with Gasteiger partial charge in [0.05, 0.1) is 11.8 Å². The van der Waals surface area contributed by atoms with Crippen LogP contribution in [0.25, 0.3) is 0 Å². The fourth-order valence-electron chi connectivity index (χ4n) is 4.22. The zero-order valence-corrected chi connectivity index (χ0v) is 18.5. The van der Waals surface area contributed by atoms with Gasteiger partial charge in [0.25, 0.3) is 5.91 Å². The predicted octanol–water partition coefficient (Wildman–Crippen LogP) is 4.70. The number of pyridine rings is 1. The Morgan fingerprint density at radius 1 is 1.23 bits per heavy atom. The second-order valence-corrected chi connectivity index (χ2v) is 8.57. The molecule has 0 bridgehead atoms. The van der Waals surface area contributed by atoms with E-state index in [9.17, 15) is 4.79 Å². The standard InChI is InChI=1S/C24H27ClN4O/c1-16-11-18(12-19-7-4-5-9-22(19)25)13-23(27-16)20-8-6-10-29(15-20)24(30)21-14-26-28(3)17(21)2/h4-5,7,9,11,13-14,20H,6,8,10,12,15H2,1-3H3. The summed E-state index contributed by atoms with van der Waals surface area (Å²) in [7, 11) is 1.86. The van der Waals surface area contributed by atoms with Gasteiger partial charge in [-0.15, -0.1) is 0 Å². The average Bonchev–Trinajstić information content (AvgIpc) is 3.07. The van der Waals surface area contributed by atoms with E-state index in [1.165, 1.54) is 5.56 Å². The Bertz CT molecular complexity index is 1070. The zero-order chi connectivity index (χ0) is 21.3. The van der Waals surface area contributed by atoms with Crippen LogP contribution in [0.1, 0.15) is 57.3 Å². The molecular weight excluding hydrogens is 396 g/mol. The first-order chi connectivity index (χ1) is 14.4. The van der Waals surface area contributed by atoms with E-state index in [0.717, 1.165) is 53.5 Å². The number of nitrogens with zero attached hydrogens (tertiary/aromatic N) is 4. The lowest BCUT2D eigenvalue weighted by Gasteiger charge is -2.32. The van der Waals surface area contributed by atoms with Gasteiger partial charge in [-0.1, -0.05) is 29.8 Å². The molecule has 0 saturated carbocycles. The van der Waals surface area contributed by atoms with Gasteiger partial charge in [-0.3, -0.25) is 14.5 Å². The Hall–Kier alpha value is -2.66. The van der Waals surface area contributed by atoms with E-state index in [0.29, 0.717) is 12.1 Å². The second kappa shape index (κ2) is 8.60. The van der Waals surface area contributed by atoms with Gasteiger partial charge >= 0.3 is 0 Å². The number of hydrogen-bond donors (Lipinski definition) is 0. The molecule has 3 heterocycles. The van der Waals surface area contributed by atoms with E-state index < -0.39 is 0 Å². The Morgan fingerprint density at radius 2 is 2.03 bits per heavy atom. The van der Waals surface area contributed by atoms with E-state index in [4.69, 9.17) is 16.6 Å². The molecule has 6 heteroatoms. The lowest BCUT2D eigenvalue weighted by atomic mass is 9.92. The number of hydrogen-bond acceptors (Lipinski definition) is 3. The molecule has 5 nitrogen and oxygen atoms in total. The van der Waals surface area contributed by atoms with Crippen molar-refractivity contribution in [3.05, 3.63) is 81.4 Å². The molecule has 156 valence electrons. The van der Waals surface area contributed by atoms with Crippen LogP contribution in [-0.4, -0.2) is 38.7 Å². The number of aromatic nitrogens is 3. The molecule has 1 saturated heterocycles. The number of halogens is 1. The van der Waals surface area contributed by atoms with Crippen LogP contribution in [0, 0.1) is 13.8 Å². The summed E-state index contributed by atoms with van der Waals surface area (Å²) in [5.41, 5.74) is 5.98. The van der Waals surface area contributed by atoms with Gasteiger partial charge in [0.15, 0.2) is 0 Å². The molecule has 2 aromatic heterocycles. The first kappa shape index (κ1) is 20.6. The van der Waals surface area contributed by atoms with Crippen molar-refractivity contribution in [2.24, 2.45) is 7.05 Å². The molecule has 1 atom stereocenters. The number of piperidine rings is 1. The number of benzene rings is 1. The molecule has 0 aliphatic carbocycles. The highest BCUT2D eigenvalue weighted by Gasteiger charge is 2.28. The maximum atomic E-state index is 13.1. The van der Waals surface area contributed by atoms with Crippen LogP contribution in [-0.2, 0) is 13.5 Å². The van der Waals surface area contributed by atoms with Gasteiger partial charge in [0.1, 0.15) is 0 Å². The van der Waals surface area contributed by atoms with Crippen LogP contribution < -0.4 is 0 Å². The highest BCUT2D eigenvalue weighted by atomic mass is 35.5. The summed E-state index contributed by atoms with van der Waals surface area (Å²) in [6.45, 7) is 5.44. The Labute approximate surface area is 182 Å². The van der Waals surface area contributed by atoms with Crippen molar-refractivity contribution in [3.8, 4) is 0 Å². The summed E-state index contributed by atoms with van der Waals surface area (Å²) < 4.78 is 1.75. The lowest BCUT2D eigenvalue weighted by molar-refractivity contribution is 0.0705. The number of carbonyl (C=O) groups excluding carboxylic acids is 1. The van der Waals surface area contributed by atoms with Crippen LogP contribution in [0.3, 0.4) is 0 Å². The van der Waals surface area contributed by atoms with Crippen molar-refractivity contribution in [3.63, 3.8) is 0 Å². The van der Waals surface area contributed by atoms with Gasteiger partial charge in [0.2, 0.25) is 0 Å². The number of amides is 1. The van der Waals surface area contributed by atoms with E-state index in [1.807, 2.05) is 44.0 Å². The normalized spacial score (nSPS) is 16.7. The monoisotopic (exact) mass is 422 g/mol. The number of rotatable bonds is 4. The van der Waals surface area contributed by atoms with Gasteiger partial charge in [-0.05, 0) is 62.4 Å². The van der Waals surface area contributed by atoms with E-state index in [2.05, 4.69) is 23.3 Å². The van der Waals surface area contributed by atoms with Crippen molar-refractivity contribution < 1.29 is 4.79 Å². The Balaban J connectivity index is 1.55. The summed E-state index contributed by atoms with van der Waals surface area (Å²) in [5.74, 6) is 0.304. The van der Waals surface area contributed by atoms with Crippen LogP contribution in [0.4, 0.5) is 0 Å². The minimum Gasteiger partial charge on any atom is -0.338 e. The molecule has 1 aromatic carbocycles. The molecule has 0 radical (unpaired) electrons. The summed E-state index contributed by atoms with van der Waals surface area (Å²) in [6.07, 6.45) is 4.47. The third-order valence-electron chi connectivity index (χ3n) is 5.98. The van der Waals surface area contributed by atoms with Crippen molar-refractivity contribution in [2.75, 3.05) is 13.1 Å². The van der Waals surface area contributed by atoms with Crippen LogP contribution >= 0.6 is 11.6 Å². The SMILES string of the molecule is Cc1cc(Cc2ccccc2Cl)cc(C2CCCN(C(=O)c3cnn(C)c3C)C2)n1. The number of carbonyl (C=O) groups is 1. The zero-order valence-electron chi connectivity index (χ0n) is 17.7. The van der Waals surface area contributed by atoms with Crippen molar-refractivity contribution >= 4 is 17.5 Å². The Morgan fingerprint density at radius 3 is 2.77 bits per heavy atom. The summed E-state index contributed by atoms with van der Waals surface area (Å²) in [4.78, 5) is 19.8. The average molecular weight is 423 g/mol. The predicted molar refractivity (Wildman–Crippen MR) is 119 cm³/mol. The summed E-state index contributed by atoms with van der Waals surface area (Å²) in [5, 5.41) is 5.01. The Kier molecular flexibility index (Phi) is 5.91. The van der Waals surface area contributed by atoms with E-state index >= 15 is 0 Å². The molecule has 3 aromatic rings. The van der Waals surface area contributed by atoms with E-state index in [-0.39, 0.29) is 11.8 Å². The third kappa shape index (κ3) is 4.26. The minimum atomic E-state index is 0.0641. The quantitative estimate of drug-likeness (QED) is 0.612. The molecule has 0 N–H and O–H groups in total. The molecule has 1 amide bonds. The first-order valence-corrected chi connectivity index (χ1v) is 10.8. The molecule has 1 aliphatic heterocycles. The van der Waals surface area contributed by atoms with Crippen molar-refractivity contribution in [2.45, 2.75) is 39.0 Å². The van der Waals surface area contributed by atoms with Crippen LogP contribution in [0.15, 0.2) is 42.6 Å². The van der Waals surface area contributed by atoms with Crippen LogP contribution in [0.5, 0.6) is 0 Å². The molecule has 1 aliphatic rings. The van der Waals surface area contributed by atoms with Gasteiger partial charge in [-0.25, -0.2) is 0 Å². The number of likely N-dealkylation sites (tertiary alicyclic amines) is 1. The van der Waals surface area contributed by atoms with Crippen LogP contribution in [0.2, 0.25) is 5.02 Å². The molecule has 0 spiro atoms. The van der Waals surface area contributed by atoms with Gasteiger partial charge in [-0.2, -0.15) is 5.10 Å². The largest absolute Gasteiger partial charge is 0.338 e. The molecule has 1 unspecified atom stereocenters. The highest BCUT2D eigenvalue weighted by molar-refractivity contribution is 6.31. The molecule has 30 heavy (non-hydrogen) atoms. The maximum absolute atomic E-state index is 13.1. The summed E-state index contributed by atoms with van der Waals surface area (Å²) in [6, 6.07) is 12.3. The molecular formula is C24H27ClN4O. The smallest absolute Gasteiger partial charge is 0.257 e. The highest BCUT2D eigenvalue weighted by Crippen LogP contribution is 2.29. The maximum Gasteiger partial charge on any atom is 0.257 e. The first-order valence-electron chi connectivity index (χ1n) is 10.4. The summed E-state index contributed by atoms with van der Waals surface area (Å²) >= 11 is 6.36. The fourth-order valence-corrected chi connectivity index (χ4v) is 4.43. The van der Waals surface area contributed by atoms with Crippen molar-refractivity contribution in [1.82, 2.24) is 19.7 Å². The lowest BCUT2D eigenvalue weighted by Crippen LogP contribution is -2.39. The molecule has 1 fully saturated rings. The minimum absolute atomic E-state index is 0.0641. The van der Waals surface area contributed by atoms with Crippen molar-refractivity contribution in [1.29, 1.82) is 0 Å². The van der Waals surface area contributed by atoms with E-state index in [1.54, 1.807) is 10.9 Å². The topological polar surface area (TPSA) is 51.0 Å². The third-order valence-corrected chi connectivity index (χ3v) is 6.35. The molecule has 4 rings (SSSR count). The second-order valence-electron chi connectivity index (χ2n) is 8.17.